The summed E-state index contributed by atoms with van der Waals surface area (Å²) < 4.78 is 5.38. The maximum Gasteiger partial charge on any atom is 0.308 e. The molecule has 2 saturated carbocycles. The number of aliphatic hydroxyl groups excluding tert-OH is 1. The lowest BCUT2D eigenvalue weighted by atomic mass is 9.94. The normalized spacial score (nSPS) is 27.0. The fourth-order valence-electron chi connectivity index (χ4n) is 4.59. The zero-order valence-electron chi connectivity index (χ0n) is 25.9. The van der Waals surface area contributed by atoms with Crippen LogP contribution in [0.15, 0.2) is 23.3 Å². The smallest absolute Gasteiger partial charge is 0.308 e. The van der Waals surface area contributed by atoms with Crippen LogP contribution in [0.2, 0.25) is 0 Å². The molecule has 0 aliphatic heterocycles. The standard InChI is InChI=1S/C16H28O2.C12H22O.C4H7ClO/c1-11(2)7-8-13(5)14-9-16(14,6)10-18-15(17)12(3)4;1-9(2)5-6-10(3)11-7-12(11,4)8-13;1-3(2)4(5)6/h7,12-14H,8-10H2,1-6H3;5,10-11,13H,6-8H2,1-4H3;3H,1-2H3/t13-,14+,16+;10-,11+,12+;/m00./s1. The van der Waals surface area contributed by atoms with Gasteiger partial charge >= 0.3 is 5.97 Å². The molecule has 2 aliphatic carbocycles. The zero-order valence-corrected chi connectivity index (χ0v) is 26.7. The number of allylic oxidation sites excluding steroid dienone is 4. The summed E-state index contributed by atoms with van der Waals surface area (Å²) in [6.45, 7) is 25.8. The fourth-order valence-corrected chi connectivity index (χ4v) is 4.59. The number of rotatable bonds is 11. The molecule has 0 aromatic carbocycles. The number of esters is 1. The van der Waals surface area contributed by atoms with Crippen molar-refractivity contribution in [2.24, 2.45) is 46.3 Å². The molecule has 0 saturated heterocycles. The first-order chi connectivity index (χ1) is 16.9. The Morgan fingerprint density at radius 2 is 1.22 bits per heavy atom. The van der Waals surface area contributed by atoms with Gasteiger partial charge in [0.05, 0.1) is 12.5 Å². The number of ether oxygens (including phenoxy) is 1. The summed E-state index contributed by atoms with van der Waals surface area (Å²) in [7, 11) is 0. The second kappa shape index (κ2) is 16.1. The van der Waals surface area contributed by atoms with E-state index in [1.807, 2.05) is 13.8 Å². The lowest BCUT2D eigenvalue weighted by molar-refractivity contribution is -0.149. The van der Waals surface area contributed by atoms with Gasteiger partial charge in [-0.1, -0.05) is 78.7 Å². The Bertz CT molecular complexity index is 776. The van der Waals surface area contributed by atoms with Crippen LogP contribution in [0.25, 0.3) is 0 Å². The van der Waals surface area contributed by atoms with Crippen molar-refractivity contribution in [2.75, 3.05) is 13.2 Å². The third kappa shape index (κ3) is 14.0. The number of hydrogen-bond acceptors (Lipinski definition) is 4. The second-order valence-electron chi connectivity index (χ2n) is 13.3. The third-order valence-electron chi connectivity index (χ3n) is 7.84. The molecule has 5 heteroatoms. The molecule has 1 N–H and O–H groups in total. The fraction of sp³-hybridized carbons (Fsp3) is 0.812. The number of carbonyl (C=O) groups excluding carboxylic acids is 2. The average Bonchev–Trinajstić information content (AvgIpc) is 3.69. The minimum absolute atomic E-state index is 0.0195. The van der Waals surface area contributed by atoms with Crippen LogP contribution in [0, 0.1) is 46.3 Å². The van der Waals surface area contributed by atoms with Gasteiger partial charge in [0.15, 0.2) is 0 Å². The molecule has 0 amide bonds. The Morgan fingerprint density at radius 1 is 0.838 bits per heavy atom. The van der Waals surface area contributed by atoms with E-state index in [2.05, 4.69) is 67.5 Å². The Balaban J connectivity index is 0.000000594. The first kappa shape index (κ1) is 35.9. The van der Waals surface area contributed by atoms with E-state index in [4.69, 9.17) is 21.4 Å². The predicted octanol–water partition coefficient (Wildman–Crippen LogP) is 8.61. The van der Waals surface area contributed by atoms with Gasteiger partial charge in [-0.05, 0) is 94.1 Å². The summed E-state index contributed by atoms with van der Waals surface area (Å²) in [4.78, 5) is 21.4. The molecule has 216 valence electrons. The van der Waals surface area contributed by atoms with Gasteiger partial charge in [0, 0.05) is 17.9 Å². The van der Waals surface area contributed by atoms with Crippen LogP contribution in [0.1, 0.15) is 109 Å². The Labute approximate surface area is 233 Å². The zero-order chi connectivity index (χ0) is 29.1. The van der Waals surface area contributed by atoms with Gasteiger partial charge in [-0.15, -0.1) is 0 Å². The summed E-state index contributed by atoms with van der Waals surface area (Å²) in [6, 6.07) is 0. The van der Waals surface area contributed by atoms with Gasteiger partial charge in [-0.2, -0.15) is 0 Å². The molecule has 0 bridgehead atoms. The van der Waals surface area contributed by atoms with Crippen LogP contribution in [0.5, 0.6) is 0 Å². The minimum Gasteiger partial charge on any atom is -0.465 e. The van der Waals surface area contributed by atoms with E-state index in [1.54, 1.807) is 13.8 Å². The molecule has 0 aromatic rings. The second-order valence-corrected chi connectivity index (χ2v) is 13.7. The quantitative estimate of drug-likeness (QED) is 0.162. The molecule has 0 spiro atoms. The molecule has 4 nitrogen and oxygen atoms in total. The molecular formula is C32H57ClO4. The highest BCUT2D eigenvalue weighted by atomic mass is 35.5. The van der Waals surface area contributed by atoms with Crippen molar-refractivity contribution < 1.29 is 19.4 Å². The summed E-state index contributed by atoms with van der Waals surface area (Å²) in [5.41, 5.74) is 3.25. The maximum absolute atomic E-state index is 11.5. The molecule has 2 fully saturated rings. The number of hydrogen-bond donors (Lipinski definition) is 1. The largest absolute Gasteiger partial charge is 0.465 e. The van der Waals surface area contributed by atoms with Crippen LogP contribution in [0.3, 0.4) is 0 Å². The van der Waals surface area contributed by atoms with Crippen LogP contribution in [0.4, 0.5) is 0 Å². The summed E-state index contributed by atoms with van der Waals surface area (Å²) >= 11 is 4.97. The monoisotopic (exact) mass is 540 g/mol. The van der Waals surface area contributed by atoms with Crippen molar-refractivity contribution in [3.63, 3.8) is 0 Å². The van der Waals surface area contributed by atoms with E-state index in [9.17, 15) is 9.59 Å². The van der Waals surface area contributed by atoms with Crippen LogP contribution >= 0.6 is 11.6 Å². The van der Waals surface area contributed by atoms with Gasteiger partial charge in [-0.3, -0.25) is 9.59 Å². The van der Waals surface area contributed by atoms with Crippen LogP contribution in [-0.4, -0.2) is 29.5 Å². The summed E-state index contributed by atoms with van der Waals surface area (Å²) in [6.07, 6.45) is 9.32. The number of carbonyl (C=O) groups is 2. The third-order valence-corrected chi connectivity index (χ3v) is 8.28. The van der Waals surface area contributed by atoms with Crippen molar-refractivity contribution in [1.29, 1.82) is 0 Å². The highest BCUT2D eigenvalue weighted by Crippen LogP contribution is 2.57. The van der Waals surface area contributed by atoms with Gasteiger partial charge < -0.3 is 9.84 Å². The van der Waals surface area contributed by atoms with Crippen molar-refractivity contribution in [1.82, 2.24) is 0 Å². The topological polar surface area (TPSA) is 63.6 Å². The van der Waals surface area contributed by atoms with E-state index in [-0.39, 0.29) is 33.9 Å². The van der Waals surface area contributed by atoms with E-state index in [1.165, 1.54) is 30.4 Å². The van der Waals surface area contributed by atoms with Crippen LogP contribution < -0.4 is 0 Å². The van der Waals surface area contributed by atoms with E-state index in [0.717, 1.165) is 18.3 Å². The van der Waals surface area contributed by atoms with Gasteiger partial charge in [0.25, 0.3) is 0 Å². The van der Waals surface area contributed by atoms with Crippen molar-refractivity contribution in [3.05, 3.63) is 23.3 Å². The van der Waals surface area contributed by atoms with Gasteiger partial charge in [0.1, 0.15) is 0 Å². The molecule has 2 aliphatic rings. The molecule has 0 heterocycles. The van der Waals surface area contributed by atoms with Gasteiger partial charge in [0.2, 0.25) is 5.24 Å². The maximum atomic E-state index is 11.5. The van der Waals surface area contributed by atoms with E-state index < -0.39 is 0 Å². The molecular weight excluding hydrogens is 484 g/mol. The molecule has 0 aromatic heterocycles. The summed E-state index contributed by atoms with van der Waals surface area (Å²) in [5.74, 6) is 2.75. The van der Waals surface area contributed by atoms with Crippen LogP contribution in [-0.2, 0) is 14.3 Å². The molecule has 2 rings (SSSR count). The molecule has 37 heavy (non-hydrogen) atoms. The molecule has 0 unspecified atom stereocenters. The average molecular weight is 541 g/mol. The minimum atomic E-state index is -0.269. The first-order valence-corrected chi connectivity index (χ1v) is 14.5. The first-order valence-electron chi connectivity index (χ1n) is 14.1. The highest BCUT2D eigenvalue weighted by Gasteiger charge is 2.53. The molecule has 6 atom stereocenters. The Kier molecular flexibility index (Phi) is 15.6. The number of halogens is 1. The lowest BCUT2D eigenvalue weighted by Gasteiger charge is -2.16. The van der Waals surface area contributed by atoms with Crippen molar-refractivity contribution >= 4 is 22.8 Å². The predicted molar refractivity (Wildman–Crippen MR) is 157 cm³/mol. The Hall–Kier alpha value is -1.13. The lowest BCUT2D eigenvalue weighted by Crippen LogP contribution is -2.19. The van der Waals surface area contributed by atoms with E-state index >= 15 is 0 Å². The van der Waals surface area contributed by atoms with Gasteiger partial charge in [-0.25, -0.2) is 0 Å². The Morgan fingerprint density at radius 3 is 1.51 bits per heavy atom. The van der Waals surface area contributed by atoms with Crippen molar-refractivity contribution in [2.45, 2.75) is 109 Å². The SMILES string of the molecule is CC(C)=CC[C@H](C)[C@H]1C[C@]1(C)CO.CC(C)=CC[C@H](C)[C@H]1C[C@]1(C)COC(=O)C(C)C.CC(C)C(=O)Cl. The molecule has 0 radical (unpaired) electrons. The van der Waals surface area contributed by atoms with Crippen molar-refractivity contribution in [3.8, 4) is 0 Å². The number of aliphatic hydroxyl groups is 1. The highest BCUT2D eigenvalue weighted by molar-refractivity contribution is 6.63. The van der Waals surface area contributed by atoms with E-state index in [0.29, 0.717) is 25.0 Å². The summed E-state index contributed by atoms with van der Waals surface area (Å²) in [5, 5.41) is 8.88.